The maximum absolute atomic E-state index is 12.6. The smallest absolute Gasteiger partial charge is 0.411 e. The van der Waals surface area contributed by atoms with Crippen LogP contribution in [0.2, 0.25) is 0 Å². The molecule has 14 nitrogen and oxygen atoms in total. The summed E-state index contributed by atoms with van der Waals surface area (Å²) in [4.78, 5) is 63.5. The molecule has 4 atom stereocenters. The molecule has 0 aliphatic carbocycles. The third kappa shape index (κ3) is 9.92. The number of H-pyrrole nitrogens is 2. The molecule has 2 unspecified atom stereocenters. The Morgan fingerprint density at radius 2 is 0.827 bits per heavy atom. The van der Waals surface area contributed by atoms with Crippen molar-refractivity contribution in [1.82, 2.24) is 41.2 Å². The highest BCUT2D eigenvalue weighted by Gasteiger charge is 2.31. The van der Waals surface area contributed by atoms with E-state index in [1.54, 1.807) is 0 Å². The van der Waals surface area contributed by atoms with E-state index in [0.29, 0.717) is 11.6 Å². The Morgan fingerprint density at radius 1 is 0.519 bits per heavy atom. The molecule has 0 spiro atoms. The van der Waals surface area contributed by atoms with Gasteiger partial charge in [0, 0.05) is 23.5 Å². The van der Waals surface area contributed by atoms with Gasteiger partial charge in [0.2, 0.25) is 11.8 Å². The second-order valence-electron chi connectivity index (χ2n) is 14.3. The number of amides is 4. The summed E-state index contributed by atoms with van der Waals surface area (Å²) in [6.07, 6.45) is 0.868. The average Bonchev–Trinajstić information content (AvgIpc) is 3.75. The molecule has 2 aromatic carbocycles. The van der Waals surface area contributed by atoms with Crippen LogP contribution in [-0.2, 0) is 9.59 Å². The Hall–Kier alpha value is -5.34. The van der Waals surface area contributed by atoms with Gasteiger partial charge >= 0.3 is 12.2 Å². The number of nitrogens with one attached hydrogen (secondary N) is 6. The number of benzene rings is 2. The largest absolute Gasteiger partial charge is 0.465 e. The summed E-state index contributed by atoms with van der Waals surface area (Å²) in [5, 5.41) is 28.6. The number of carboxylic acid groups (broad SMARTS) is 2. The van der Waals surface area contributed by atoms with Crippen molar-refractivity contribution >= 4 is 24.0 Å². The SMILES string of the molecule is CC(C)C(NC(c1nc(-c2ccc(-c3ccc(-c4c[nH]c([C@@H](N[C@@H](C(=O)NC(=O)O)C(C)C)C(C)C)n4)cc3)cc2)c[nH]1)C(C)C)C(=O)NC(=O)O. The normalized spacial score (nSPS) is 14.0. The van der Waals surface area contributed by atoms with Gasteiger partial charge in [0.15, 0.2) is 0 Å². The molecule has 0 saturated carbocycles. The highest BCUT2D eigenvalue weighted by Crippen LogP contribution is 2.30. The average molecular weight is 715 g/mol. The Bertz CT molecular complexity index is 1690. The van der Waals surface area contributed by atoms with E-state index in [9.17, 15) is 19.2 Å². The molecule has 0 bridgehead atoms. The lowest BCUT2D eigenvalue weighted by Gasteiger charge is -2.28. The van der Waals surface area contributed by atoms with Crippen molar-refractivity contribution in [3.8, 4) is 33.6 Å². The number of imidazole rings is 2. The van der Waals surface area contributed by atoms with Crippen molar-refractivity contribution < 1.29 is 29.4 Å². The number of rotatable bonds is 15. The Labute approximate surface area is 303 Å². The lowest BCUT2D eigenvalue weighted by atomic mass is 9.97. The molecular formula is C38H50N8O6. The Balaban J connectivity index is 1.47. The molecule has 0 radical (unpaired) electrons. The first kappa shape index (κ1) is 39.4. The van der Waals surface area contributed by atoms with Crippen LogP contribution < -0.4 is 21.3 Å². The van der Waals surface area contributed by atoms with Crippen molar-refractivity contribution in [3.05, 3.63) is 72.6 Å². The van der Waals surface area contributed by atoms with Crippen LogP contribution in [0.4, 0.5) is 9.59 Å². The van der Waals surface area contributed by atoms with Crippen LogP contribution in [0, 0.1) is 23.7 Å². The minimum atomic E-state index is -1.39. The number of hydrogen-bond acceptors (Lipinski definition) is 8. The molecule has 52 heavy (non-hydrogen) atoms. The Kier molecular flexibility index (Phi) is 13.1. The summed E-state index contributed by atoms with van der Waals surface area (Å²) in [5.41, 5.74) is 5.34. The number of imide groups is 2. The van der Waals surface area contributed by atoms with Crippen molar-refractivity contribution in [2.75, 3.05) is 0 Å². The number of aromatic nitrogens is 4. The van der Waals surface area contributed by atoms with E-state index in [0.717, 1.165) is 33.6 Å². The highest BCUT2D eigenvalue weighted by molar-refractivity contribution is 5.94. The van der Waals surface area contributed by atoms with E-state index in [2.05, 4.69) is 20.6 Å². The molecular weight excluding hydrogens is 664 g/mol. The molecule has 4 aromatic rings. The first-order valence-corrected chi connectivity index (χ1v) is 17.5. The summed E-state index contributed by atoms with van der Waals surface area (Å²) in [5.74, 6) is -0.0981. The van der Waals surface area contributed by atoms with Crippen LogP contribution in [0.3, 0.4) is 0 Å². The summed E-state index contributed by atoms with van der Waals surface area (Å²) in [6.45, 7) is 15.5. The number of hydrogen-bond donors (Lipinski definition) is 8. The fourth-order valence-corrected chi connectivity index (χ4v) is 6.02. The van der Waals surface area contributed by atoms with Crippen LogP contribution in [-0.4, -0.2) is 66.2 Å². The standard InChI is InChI=1S/C38H50N8O6/c1-19(2)29(43-31(21(5)6)35(47)45-37(49)50)33-39-17-27(41-33)25-13-9-23(10-14-25)24-11-15-26(16-12-24)28-18-40-34(42-28)30(20(3)4)44-32(22(7)8)36(48)46-38(51)52/h9-22,29-32,43-44H,1-8H3,(H,39,41)(H,40,42)(H,45,47)(H,46,48)(H,49,50)(H,51,52)/t29-,30?,31+,32?/m0/s1. The molecule has 4 amide bonds. The van der Waals surface area contributed by atoms with E-state index < -0.39 is 36.1 Å². The third-order valence-corrected chi connectivity index (χ3v) is 8.89. The number of carbonyl (C=O) groups excluding carboxylic acids is 2. The van der Waals surface area contributed by atoms with Crippen molar-refractivity contribution in [3.63, 3.8) is 0 Å². The van der Waals surface area contributed by atoms with Gasteiger partial charge in [0.25, 0.3) is 0 Å². The number of aromatic amines is 2. The van der Waals surface area contributed by atoms with Crippen LogP contribution in [0.5, 0.6) is 0 Å². The second-order valence-corrected chi connectivity index (χ2v) is 14.3. The molecule has 0 saturated heterocycles. The molecule has 4 rings (SSSR count). The lowest BCUT2D eigenvalue weighted by molar-refractivity contribution is -0.124. The summed E-state index contributed by atoms with van der Waals surface area (Å²) in [7, 11) is 0. The van der Waals surface area contributed by atoms with E-state index in [1.165, 1.54) is 0 Å². The fourth-order valence-electron chi connectivity index (χ4n) is 6.02. The summed E-state index contributed by atoms with van der Waals surface area (Å²) >= 11 is 0. The number of carbonyl (C=O) groups is 4. The van der Waals surface area contributed by atoms with E-state index in [-0.39, 0.29) is 35.8 Å². The zero-order valence-electron chi connectivity index (χ0n) is 30.8. The minimum Gasteiger partial charge on any atom is -0.465 e. The monoisotopic (exact) mass is 714 g/mol. The van der Waals surface area contributed by atoms with Crippen molar-refractivity contribution in [1.29, 1.82) is 0 Å². The van der Waals surface area contributed by atoms with Crippen LogP contribution >= 0.6 is 0 Å². The number of nitrogens with zero attached hydrogens (tertiary/aromatic N) is 2. The zero-order valence-corrected chi connectivity index (χ0v) is 30.8. The molecule has 0 aliphatic rings. The maximum atomic E-state index is 12.6. The first-order chi connectivity index (χ1) is 24.5. The fraction of sp³-hybridized carbons (Fsp3) is 0.421. The van der Waals surface area contributed by atoms with Crippen LogP contribution in [0.1, 0.15) is 79.1 Å². The van der Waals surface area contributed by atoms with Gasteiger partial charge in [-0.05, 0) is 34.8 Å². The van der Waals surface area contributed by atoms with E-state index in [1.807, 2.05) is 127 Å². The molecule has 0 aliphatic heterocycles. The van der Waals surface area contributed by atoms with Gasteiger partial charge in [-0.25, -0.2) is 19.6 Å². The van der Waals surface area contributed by atoms with Gasteiger partial charge in [-0.1, -0.05) is 104 Å². The topological polar surface area (TPSA) is 214 Å². The predicted molar refractivity (Wildman–Crippen MR) is 198 cm³/mol. The molecule has 0 fully saturated rings. The van der Waals surface area contributed by atoms with Gasteiger partial charge in [0.05, 0.1) is 35.6 Å². The predicted octanol–water partition coefficient (Wildman–Crippen LogP) is 6.34. The second kappa shape index (κ2) is 17.2. The van der Waals surface area contributed by atoms with E-state index in [4.69, 9.17) is 20.2 Å². The van der Waals surface area contributed by atoms with E-state index >= 15 is 0 Å². The van der Waals surface area contributed by atoms with Crippen LogP contribution in [0.25, 0.3) is 33.6 Å². The first-order valence-electron chi connectivity index (χ1n) is 17.5. The maximum Gasteiger partial charge on any atom is 0.411 e. The van der Waals surface area contributed by atoms with Crippen molar-refractivity contribution in [2.24, 2.45) is 23.7 Å². The molecule has 14 heteroatoms. The zero-order chi connectivity index (χ0) is 38.3. The van der Waals surface area contributed by atoms with Gasteiger partial charge in [0.1, 0.15) is 11.6 Å². The summed E-state index contributed by atoms with van der Waals surface area (Å²) < 4.78 is 0. The molecule has 2 heterocycles. The van der Waals surface area contributed by atoms with Crippen molar-refractivity contribution in [2.45, 2.75) is 79.6 Å². The van der Waals surface area contributed by atoms with Gasteiger partial charge in [-0.3, -0.25) is 30.9 Å². The molecule has 278 valence electrons. The van der Waals surface area contributed by atoms with Gasteiger partial charge in [-0.2, -0.15) is 0 Å². The molecule has 2 aromatic heterocycles. The quantitative estimate of drug-likeness (QED) is 0.0683. The Morgan fingerprint density at radius 3 is 1.10 bits per heavy atom. The van der Waals surface area contributed by atoms with Gasteiger partial charge in [-0.15, -0.1) is 0 Å². The lowest BCUT2D eigenvalue weighted by Crippen LogP contribution is -2.50. The molecule has 8 N–H and O–H groups in total. The minimum absolute atomic E-state index is 0.0560. The van der Waals surface area contributed by atoms with Crippen LogP contribution in [0.15, 0.2) is 60.9 Å². The third-order valence-electron chi connectivity index (χ3n) is 8.89. The summed E-state index contributed by atoms with van der Waals surface area (Å²) in [6, 6.07) is 14.0. The highest BCUT2D eigenvalue weighted by atomic mass is 16.4. The van der Waals surface area contributed by atoms with Gasteiger partial charge < -0.3 is 20.2 Å².